The lowest BCUT2D eigenvalue weighted by atomic mass is 10.1. The summed E-state index contributed by atoms with van der Waals surface area (Å²) in [6.07, 6.45) is 0. The molecule has 0 aliphatic carbocycles. The summed E-state index contributed by atoms with van der Waals surface area (Å²) in [5, 5.41) is 8.76. The fourth-order valence-electron chi connectivity index (χ4n) is 1.57. The average molecular weight is 232 g/mol. The van der Waals surface area contributed by atoms with E-state index in [0.29, 0.717) is 12.1 Å². The van der Waals surface area contributed by atoms with Gasteiger partial charge in [-0.25, -0.2) is 0 Å². The van der Waals surface area contributed by atoms with Crippen molar-refractivity contribution in [2.24, 2.45) is 0 Å². The predicted molar refractivity (Wildman–Crippen MR) is 64.2 cm³/mol. The van der Waals surface area contributed by atoms with E-state index in [-0.39, 0.29) is 12.5 Å². The first-order chi connectivity index (χ1) is 8.06. The minimum absolute atomic E-state index is 0.251. The van der Waals surface area contributed by atoms with Crippen molar-refractivity contribution in [3.63, 3.8) is 0 Å². The number of hydrogen-bond acceptors (Lipinski definition) is 4. The number of benzene rings is 1. The molecule has 1 rings (SSSR count). The van der Waals surface area contributed by atoms with E-state index in [9.17, 15) is 4.79 Å². The number of hydrogen-bond donors (Lipinski definition) is 0. The fraction of sp³-hybridized carbons (Fsp3) is 0.385. The number of carbonyl (C=O) groups excluding carboxylic acids is 1. The highest BCUT2D eigenvalue weighted by atomic mass is 16.5. The van der Waals surface area contributed by atoms with E-state index in [0.717, 1.165) is 11.1 Å². The molecule has 0 saturated carbocycles. The van der Waals surface area contributed by atoms with Crippen LogP contribution in [0.3, 0.4) is 0 Å². The molecule has 0 aromatic heterocycles. The molecule has 1 aromatic rings. The maximum absolute atomic E-state index is 11.1. The Balaban J connectivity index is 2.69. The molecule has 4 nitrogen and oxygen atoms in total. The summed E-state index contributed by atoms with van der Waals surface area (Å²) in [5.41, 5.74) is 2.82. The van der Waals surface area contributed by atoms with Gasteiger partial charge in [-0.1, -0.05) is 6.07 Å². The zero-order chi connectivity index (χ0) is 12.8. The number of ether oxygens (including phenoxy) is 1. The highest BCUT2D eigenvalue weighted by Gasteiger charge is 2.08. The van der Waals surface area contributed by atoms with Gasteiger partial charge in [0.15, 0.2) is 0 Å². The number of nitrogens with zero attached hydrogens (tertiary/aromatic N) is 2. The average Bonchev–Trinajstić information content (AvgIpc) is 2.31. The van der Waals surface area contributed by atoms with E-state index in [4.69, 9.17) is 5.26 Å². The standard InChI is InChI=1S/C13H16N2O2/c1-10-6-11(7-14)4-5-12(10)8-15(2)9-13(16)17-3/h4-6H,8-9H2,1-3H3. The van der Waals surface area contributed by atoms with Crippen molar-refractivity contribution < 1.29 is 9.53 Å². The molecule has 1 aromatic carbocycles. The molecule has 0 amide bonds. The zero-order valence-corrected chi connectivity index (χ0v) is 10.4. The van der Waals surface area contributed by atoms with Gasteiger partial charge in [-0.2, -0.15) is 5.26 Å². The van der Waals surface area contributed by atoms with Crippen molar-refractivity contribution in [2.75, 3.05) is 20.7 Å². The summed E-state index contributed by atoms with van der Waals surface area (Å²) in [5.74, 6) is -0.251. The minimum atomic E-state index is -0.251. The molecule has 0 radical (unpaired) electrons. The van der Waals surface area contributed by atoms with Crippen molar-refractivity contribution >= 4 is 5.97 Å². The van der Waals surface area contributed by atoms with Gasteiger partial charge in [-0.05, 0) is 37.2 Å². The fourth-order valence-corrected chi connectivity index (χ4v) is 1.57. The number of carbonyl (C=O) groups is 1. The first-order valence-electron chi connectivity index (χ1n) is 5.31. The van der Waals surface area contributed by atoms with Crippen LogP contribution in [0.1, 0.15) is 16.7 Å². The first kappa shape index (κ1) is 13.2. The van der Waals surface area contributed by atoms with Crippen LogP contribution >= 0.6 is 0 Å². The van der Waals surface area contributed by atoms with Gasteiger partial charge in [0.2, 0.25) is 0 Å². The molecule has 0 bridgehead atoms. The maximum Gasteiger partial charge on any atom is 0.319 e. The molecule has 0 fully saturated rings. The Kier molecular flexibility index (Phi) is 4.68. The Morgan fingerprint density at radius 3 is 2.76 bits per heavy atom. The summed E-state index contributed by atoms with van der Waals surface area (Å²) in [7, 11) is 3.23. The van der Waals surface area contributed by atoms with E-state index >= 15 is 0 Å². The van der Waals surface area contributed by atoms with Crippen LogP contribution in [0.5, 0.6) is 0 Å². The van der Waals surface area contributed by atoms with E-state index in [2.05, 4.69) is 10.8 Å². The summed E-state index contributed by atoms with van der Waals surface area (Å²) < 4.78 is 4.60. The molecule has 0 unspecified atom stereocenters. The molecule has 0 aliphatic rings. The minimum Gasteiger partial charge on any atom is -0.468 e. The van der Waals surface area contributed by atoms with Gasteiger partial charge in [-0.3, -0.25) is 9.69 Å². The lowest BCUT2D eigenvalue weighted by molar-refractivity contribution is -0.141. The summed E-state index contributed by atoms with van der Waals surface area (Å²) in [4.78, 5) is 13.0. The number of esters is 1. The van der Waals surface area contributed by atoms with Gasteiger partial charge in [0.25, 0.3) is 0 Å². The first-order valence-corrected chi connectivity index (χ1v) is 5.31. The molecule has 0 spiro atoms. The second kappa shape index (κ2) is 6.02. The zero-order valence-electron chi connectivity index (χ0n) is 10.4. The van der Waals surface area contributed by atoms with Crippen LogP contribution in [0, 0.1) is 18.3 Å². The highest BCUT2D eigenvalue weighted by molar-refractivity contribution is 5.71. The lowest BCUT2D eigenvalue weighted by Gasteiger charge is -2.16. The van der Waals surface area contributed by atoms with Crippen LogP contribution in [-0.2, 0) is 16.1 Å². The number of likely N-dealkylation sites (N-methyl/N-ethyl adjacent to an activating group) is 1. The molecule has 90 valence electrons. The Labute approximate surface area is 101 Å². The Hall–Kier alpha value is -1.86. The number of methoxy groups -OCH3 is 1. The van der Waals surface area contributed by atoms with Crippen molar-refractivity contribution in [3.8, 4) is 6.07 Å². The molecular weight excluding hydrogens is 216 g/mol. The second-order valence-electron chi connectivity index (χ2n) is 4.00. The van der Waals surface area contributed by atoms with Crippen LogP contribution in [0.2, 0.25) is 0 Å². The summed E-state index contributed by atoms with van der Waals surface area (Å²) >= 11 is 0. The van der Waals surface area contributed by atoms with Crippen LogP contribution in [0.15, 0.2) is 18.2 Å². The highest BCUT2D eigenvalue weighted by Crippen LogP contribution is 2.12. The third kappa shape index (κ3) is 3.89. The topological polar surface area (TPSA) is 53.3 Å². The SMILES string of the molecule is COC(=O)CN(C)Cc1ccc(C#N)cc1C. The van der Waals surface area contributed by atoms with Crippen LogP contribution in [0.25, 0.3) is 0 Å². The van der Waals surface area contributed by atoms with Gasteiger partial charge < -0.3 is 4.74 Å². The third-order valence-electron chi connectivity index (χ3n) is 2.54. The number of nitriles is 1. The molecule has 0 heterocycles. The monoisotopic (exact) mass is 232 g/mol. The van der Waals surface area contributed by atoms with E-state index < -0.39 is 0 Å². The van der Waals surface area contributed by atoms with Crippen molar-refractivity contribution in [2.45, 2.75) is 13.5 Å². The Morgan fingerprint density at radius 1 is 1.53 bits per heavy atom. The largest absolute Gasteiger partial charge is 0.468 e. The number of rotatable bonds is 4. The normalized spacial score (nSPS) is 10.1. The molecule has 4 heteroatoms. The van der Waals surface area contributed by atoms with Crippen molar-refractivity contribution in [1.29, 1.82) is 5.26 Å². The molecule has 0 saturated heterocycles. The van der Waals surface area contributed by atoms with E-state index in [1.807, 2.05) is 31.0 Å². The lowest BCUT2D eigenvalue weighted by Crippen LogP contribution is -2.26. The Morgan fingerprint density at radius 2 is 2.24 bits per heavy atom. The van der Waals surface area contributed by atoms with Crippen molar-refractivity contribution in [3.05, 3.63) is 34.9 Å². The summed E-state index contributed by atoms with van der Waals surface area (Å²) in [6, 6.07) is 7.65. The predicted octanol–water partition coefficient (Wildman–Crippen LogP) is 1.47. The number of aryl methyl sites for hydroxylation is 1. The van der Waals surface area contributed by atoms with E-state index in [1.54, 1.807) is 6.07 Å². The van der Waals surface area contributed by atoms with E-state index in [1.165, 1.54) is 7.11 Å². The van der Waals surface area contributed by atoms with Crippen LogP contribution in [0.4, 0.5) is 0 Å². The summed E-state index contributed by atoms with van der Waals surface area (Å²) in [6.45, 7) is 2.88. The quantitative estimate of drug-likeness (QED) is 0.738. The molecule has 17 heavy (non-hydrogen) atoms. The van der Waals surface area contributed by atoms with Crippen LogP contribution < -0.4 is 0 Å². The van der Waals surface area contributed by atoms with Gasteiger partial charge >= 0.3 is 5.97 Å². The second-order valence-corrected chi connectivity index (χ2v) is 4.00. The maximum atomic E-state index is 11.1. The van der Waals surface area contributed by atoms with Gasteiger partial charge in [0.1, 0.15) is 0 Å². The molecule has 0 N–H and O–H groups in total. The smallest absolute Gasteiger partial charge is 0.319 e. The molecule has 0 atom stereocenters. The van der Waals surface area contributed by atoms with Crippen molar-refractivity contribution in [1.82, 2.24) is 4.90 Å². The van der Waals surface area contributed by atoms with Crippen LogP contribution in [-0.4, -0.2) is 31.6 Å². The van der Waals surface area contributed by atoms with Gasteiger partial charge in [0.05, 0.1) is 25.3 Å². The Bertz CT molecular complexity index is 449. The molecule has 0 aliphatic heterocycles. The van der Waals surface area contributed by atoms with Gasteiger partial charge in [-0.15, -0.1) is 0 Å². The van der Waals surface area contributed by atoms with Gasteiger partial charge in [0, 0.05) is 6.54 Å². The third-order valence-corrected chi connectivity index (χ3v) is 2.54. The molecular formula is C13H16N2O2.